The molecule has 2 aliphatic rings. The van der Waals surface area contributed by atoms with Crippen molar-refractivity contribution in [3.63, 3.8) is 0 Å². The lowest BCUT2D eigenvalue weighted by Crippen LogP contribution is -2.33. The molecule has 0 radical (unpaired) electrons. The highest BCUT2D eigenvalue weighted by Gasteiger charge is 2.52. The van der Waals surface area contributed by atoms with Gasteiger partial charge in [-0.3, -0.25) is 4.79 Å². The van der Waals surface area contributed by atoms with Crippen molar-refractivity contribution in [2.45, 2.75) is 27.2 Å². The normalized spacial score (nSPS) is 38.4. The van der Waals surface area contributed by atoms with Crippen molar-refractivity contribution in [3.05, 3.63) is 24.3 Å². The zero-order chi connectivity index (χ0) is 10.3. The third kappa shape index (κ3) is 1.18. The van der Waals surface area contributed by atoms with Crippen LogP contribution < -0.4 is 0 Å². The average molecular weight is 190 g/mol. The maximum absolute atomic E-state index is 11.9. The minimum absolute atomic E-state index is 0.163. The van der Waals surface area contributed by atoms with E-state index in [4.69, 9.17) is 0 Å². The highest BCUT2D eigenvalue weighted by Crippen LogP contribution is 2.56. The molecule has 0 amide bonds. The number of allylic oxidation sites excluding steroid dienone is 4. The van der Waals surface area contributed by atoms with Gasteiger partial charge in [-0.05, 0) is 36.7 Å². The molecule has 0 saturated heterocycles. The molecule has 1 fully saturated rings. The SMILES string of the molecule is CC=CC(=O)C1C2C=CC(C2)C1(C)C. The maximum Gasteiger partial charge on any atom is 0.159 e. The second-order valence-corrected chi connectivity index (χ2v) is 5.09. The van der Waals surface area contributed by atoms with Gasteiger partial charge in [-0.1, -0.05) is 32.1 Å². The molecule has 14 heavy (non-hydrogen) atoms. The van der Waals surface area contributed by atoms with E-state index >= 15 is 0 Å². The van der Waals surface area contributed by atoms with Crippen LogP contribution in [0.2, 0.25) is 0 Å². The summed E-state index contributed by atoms with van der Waals surface area (Å²) in [6.45, 7) is 6.37. The van der Waals surface area contributed by atoms with Crippen molar-refractivity contribution in [2.24, 2.45) is 23.2 Å². The quantitative estimate of drug-likeness (QED) is 0.483. The number of fused-ring (bicyclic) bond motifs is 2. The van der Waals surface area contributed by atoms with E-state index in [9.17, 15) is 4.79 Å². The molecule has 0 N–H and O–H groups in total. The summed E-state index contributed by atoms with van der Waals surface area (Å²) in [7, 11) is 0. The predicted octanol–water partition coefficient (Wildman–Crippen LogP) is 2.98. The first-order chi connectivity index (χ1) is 6.57. The third-order valence-electron chi connectivity index (χ3n) is 3.94. The molecule has 0 heterocycles. The van der Waals surface area contributed by atoms with Crippen LogP contribution >= 0.6 is 0 Å². The Hall–Kier alpha value is -0.850. The maximum atomic E-state index is 11.9. The van der Waals surface area contributed by atoms with Crippen LogP contribution in [0.1, 0.15) is 27.2 Å². The van der Waals surface area contributed by atoms with E-state index in [1.807, 2.05) is 13.0 Å². The van der Waals surface area contributed by atoms with Crippen LogP contribution in [0.15, 0.2) is 24.3 Å². The van der Waals surface area contributed by atoms with Crippen LogP contribution in [0.3, 0.4) is 0 Å². The lowest BCUT2D eigenvalue weighted by Gasteiger charge is -2.33. The first-order valence-electron chi connectivity index (χ1n) is 5.42. The molecule has 3 unspecified atom stereocenters. The van der Waals surface area contributed by atoms with Crippen LogP contribution in [-0.4, -0.2) is 5.78 Å². The lowest BCUT2D eigenvalue weighted by molar-refractivity contribution is -0.122. The van der Waals surface area contributed by atoms with E-state index in [-0.39, 0.29) is 11.3 Å². The molecular formula is C13H18O. The van der Waals surface area contributed by atoms with Crippen LogP contribution in [-0.2, 0) is 4.79 Å². The van der Waals surface area contributed by atoms with Gasteiger partial charge in [-0.25, -0.2) is 0 Å². The summed E-state index contributed by atoms with van der Waals surface area (Å²) < 4.78 is 0. The van der Waals surface area contributed by atoms with Crippen molar-refractivity contribution in [3.8, 4) is 0 Å². The standard InChI is InChI=1S/C13H18O/c1-4-5-11(14)12-9-6-7-10(8-9)13(12,2)3/h4-7,9-10,12H,8H2,1-3H3. The summed E-state index contributed by atoms with van der Waals surface area (Å²) in [5.41, 5.74) is 0.163. The summed E-state index contributed by atoms with van der Waals surface area (Å²) in [6, 6.07) is 0. The van der Waals surface area contributed by atoms with Gasteiger partial charge >= 0.3 is 0 Å². The highest BCUT2D eigenvalue weighted by atomic mass is 16.1. The molecule has 1 saturated carbocycles. The van der Waals surface area contributed by atoms with Gasteiger partial charge in [0.15, 0.2) is 5.78 Å². The van der Waals surface area contributed by atoms with Crippen LogP contribution in [0.25, 0.3) is 0 Å². The van der Waals surface area contributed by atoms with Gasteiger partial charge in [0.25, 0.3) is 0 Å². The fraction of sp³-hybridized carbons (Fsp3) is 0.615. The second kappa shape index (κ2) is 3.08. The molecule has 0 aromatic carbocycles. The fourth-order valence-electron chi connectivity index (χ4n) is 3.15. The Bertz CT molecular complexity index is 309. The van der Waals surface area contributed by atoms with Gasteiger partial charge in [0, 0.05) is 5.92 Å². The molecule has 2 bridgehead atoms. The molecule has 0 aliphatic heterocycles. The minimum atomic E-state index is 0.163. The smallest absolute Gasteiger partial charge is 0.159 e. The van der Waals surface area contributed by atoms with Gasteiger partial charge in [-0.2, -0.15) is 0 Å². The van der Waals surface area contributed by atoms with Gasteiger partial charge < -0.3 is 0 Å². The largest absolute Gasteiger partial charge is 0.295 e. The summed E-state index contributed by atoms with van der Waals surface area (Å²) in [6.07, 6.45) is 9.31. The Morgan fingerprint density at radius 2 is 2.14 bits per heavy atom. The van der Waals surface area contributed by atoms with Crippen molar-refractivity contribution in [1.29, 1.82) is 0 Å². The third-order valence-corrected chi connectivity index (χ3v) is 3.94. The molecule has 0 aromatic heterocycles. The van der Waals surface area contributed by atoms with E-state index in [2.05, 4.69) is 26.0 Å². The average Bonchev–Trinajstić information content (AvgIpc) is 2.61. The molecule has 3 atom stereocenters. The van der Waals surface area contributed by atoms with E-state index < -0.39 is 0 Å². The van der Waals surface area contributed by atoms with Crippen LogP contribution in [0.4, 0.5) is 0 Å². The minimum Gasteiger partial charge on any atom is -0.295 e. The monoisotopic (exact) mass is 190 g/mol. The van der Waals surface area contributed by atoms with Crippen LogP contribution in [0, 0.1) is 23.2 Å². The highest BCUT2D eigenvalue weighted by molar-refractivity contribution is 5.93. The molecule has 76 valence electrons. The zero-order valence-corrected chi connectivity index (χ0v) is 9.16. The topological polar surface area (TPSA) is 17.1 Å². The van der Waals surface area contributed by atoms with Gasteiger partial charge in [0.05, 0.1) is 0 Å². The molecule has 2 aliphatic carbocycles. The molecule has 0 spiro atoms. The summed E-state index contributed by atoms with van der Waals surface area (Å²) >= 11 is 0. The Balaban J connectivity index is 2.28. The Kier molecular flexibility index (Phi) is 2.13. The van der Waals surface area contributed by atoms with E-state index in [0.29, 0.717) is 17.6 Å². The van der Waals surface area contributed by atoms with Gasteiger partial charge in [0.2, 0.25) is 0 Å². The fourth-order valence-corrected chi connectivity index (χ4v) is 3.15. The van der Waals surface area contributed by atoms with E-state index in [0.717, 1.165) is 0 Å². The van der Waals surface area contributed by atoms with Crippen molar-refractivity contribution in [2.75, 3.05) is 0 Å². The summed E-state index contributed by atoms with van der Waals surface area (Å²) in [5.74, 6) is 1.65. The first kappa shape index (κ1) is 9.70. The predicted molar refractivity (Wildman–Crippen MR) is 57.8 cm³/mol. The zero-order valence-electron chi connectivity index (χ0n) is 9.16. The Labute approximate surface area is 85.9 Å². The molecule has 1 nitrogen and oxygen atoms in total. The summed E-state index contributed by atoms with van der Waals surface area (Å²) in [4.78, 5) is 11.9. The number of carbonyl (C=O) groups excluding carboxylic acids is 1. The lowest BCUT2D eigenvalue weighted by atomic mass is 9.69. The van der Waals surface area contributed by atoms with Crippen molar-refractivity contribution in [1.82, 2.24) is 0 Å². The number of hydrogen-bond acceptors (Lipinski definition) is 1. The van der Waals surface area contributed by atoms with Crippen molar-refractivity contribution < 1.29 is 4.79 Å². The molecular weight excluding hydrogens is 172 g/mol. The molecule has 0 aromatic rings. The van der Waals surface area contributed by atoms with E-state index in [1.54, 1.807) is 6.08 Å². The van der Waals surface area contributed by atoms with E-state index in [1.165, 1.54) is 6.42 Å². The number of carbonyl (C=O) groups is 1. The Morgan fingerprint density at radius 3 is 2.64 bits per heavy atom. The number of rotatable bonds is 2. The number of hydrogen-bond donors (Lipinski definition) is 0. The van der Waals surface area contributed by atoms with Gasteiger partial charge in [-0.15, -0.1) is 0 Å². The van der Waals surface area contributed by atoms with Crippen molar-refractivity contribution >= 4 is 5.78 Å². The number of ketones is 1. The second-order valence-electron chi connectivity index (χ2n) is 5.09. The van der Waals surface area contributed by atoms with Crippen LogP contribution in [0.5, 0.6) is 0 Å². The molecule has 2 rings (SSSR count). The Morgan fingerprint density at radius 1 is 1.43 bits per heavy atom. The first-order valence-corrected chi connectivity index (χ1v) is 5.42. The molecule has 1 heteroatoms. The summed E-state index contributed by atoms with van der Waals surface area (Å²) in [5, 5.41) is 0. The van der Waals surface area contributed by atoms with Gasteiger partial charge in [0.1, 0.15) is 0 Å².